The van der Waals surface area contributed by atoms with Gasteiger partial charge in [-0.05, 0) is 44.4 Å². The first kappa shape index (κ1) is 10.8. The molecule has 0 aliphatic heterocycles. The topological polar surface area (TPSA) is 29.3 Å². The summed E-state index contributed by atoms with van der Waals surface area (Å²) in [6, 6.07) is 6.15. The molecular formula is C14H19N3. The van der Waals surface area contributed by atoms with Crippen molar-refractivity contribution in [2.75, 3.05) is 6.54 Å². The van der Waals surface area contributed by atoms with Gasteiger partial charge in [0.05, 0.1) is 11.4 Å². The van der Waals surface area contributed by atoms with Crippen molar-refractivity contribution in [2.45, 2.75) is 32.7 Å². The number of pyridine rings is 1. The molecule has 0 radical (unpaired) electrons. The Balaban J connectivity index is 1.72. The molecule has 3 nitrogen and oxygen atoms in total. The van der Waals surface area contributed by atoms with Gasteiger partial charge in [0.2, 0.25) is 0 Å². The Kier molecular flexibility index (Phi) is 2.85. The van der Waals surface area contributed by atoms with Crippen LogP contribution in [0.2, 0.25) is 0 Å². The lowest BCUT2D eigenvalue weighted by Gasteiger charge is -2.25. The zero-order chi connectivity index (χ0) is 11.7. The van der Waals surface area contributed by atoms with Crippen LogP contribution in [-0.2, 0) is 6.54 Å². The molecular weight excluding hydrogens is 210 g/mol. The molecule has 1 saturated carbocycles. The Labute approximate surface area is 102 Å². The van der Waals surface area contributed by atoms with E-state index in [1.165, 1.54) is 25.0 Å². The summed E-state index contributed by atoms with van der Waals surface area (Å²) in [5, 5.41) is 3.56. The average Bonchev–Trinajstić information content (AvgIpc) is 2.58. The first-order valence-corrected chi connectivity index (χ1v) is 6.48. The maximum absolute atomic E-state index is 4.57. The van der Waals surface area contributed by atoms with Crippen LogP contribution in [0.15, 0.2) is 24.4 Å². The number of fused-ring (bicyclic) bond motifs is 1. The Morgan fingerprint density at radius 2 is 2.29 bits per heavy atom. The van der Waals surface area contributed by atoms with E-state index >= 15 is 0 Å². The van der Waals surface area contributed by atoms with E-state index in [0.717, 1.165) is 30.3 Å². The molecule has 90 valence electrons. The lowest BCUT2D eigenvalue weighted by atomic mass is 9.85. The molecule has 1 fully saturated rings. The van der Waals surface area contributed by atoms with E-state index < -0.39 is 0 Å². The summed E-state index contributed by atoms with van der Waals surface area (Å²) >= 11 is 0. The lowest BCUT2D eigenvalue weighted by Crippen LogP contribution is -2.27. The van der Waals surface area contributed by atoms with Gasteiger partial charge in [-0.2, -0.15) is 0 Å². The monoisotopic (exact) mass is 229 g/mol. The van der Waals surface area contributed by atoms with Gasteiger partial charge in [-0.3, -0.25) is 0 Å². The number of hydrogen-bond donors (Lipinski definition) is 1. The second kappa shape index (κ2) is 4.49. The van der Waals surface area contributed by atoms with Crippen LogP contribution in [0.25, 0.3) is 5.65 Å². The molecule has 1 N–H and O–H groups in total. The van der Waals surface area contributed by atoms with Gasteiger partial charge in [-0.1, -0.05) is 12.5 Å². The second-order valence-corrected chi connectivity index (χ2v) is 5.00. The van der Waals surface area contributed by atoms with Gasteiger partial charge in [0.25, 0.3) is 0 Å². The van der Waals surface area contributed by atoms with Gasteiger partial charge in [0, 0.05) is 12.7 Å². The highest BCUT2D eigenvalue weighted by Crippen LogP contribution is 2.25. The number of rotatable bonds is 4. The molecule has 0 atom stereocenters. The third kappa shape index (κ3) is 2.07. The van der Waals surface area contributed by atoms with Crippen molar-refractivity contribution in [1.29, 1.82) is 0 Å². The van der Waals surface area contributed by atoms with Crippen molar-refractivity contribution in [2.24, 2.45) is 5.92 Å². The van der Waals surface area contributed by atoms with E-state index in [-0.39, 0.29) is 0 Å². The van der Waals surface area contributed by atoms with Crippen LogP contribution in [0.1, 0.15) is 30.7 Å². The van der Waals surface area contributed by atoms with Gasteiger partial charge in [0.1, 0.15) is 5.65 Å². The predicted octanol–water partition coefficient (Wildman–Crippen LogP) is 2.53. The third-order valence-electron chi connectivity index (χ3n) is 3.78. The van der Waals surface area contributed by atoms with E-state index in [1.54, 1.807) is 0 Å². The summed E-state index contributed by atoms with van der Waals surface area (Å²) in [5.41, 5.74) is 3.47. The minimum Gasteiger partial charge on any atom is -0.311 e. The number of hydrogen-bond acceptors (Lipinski definition) is 2. The Bertz CT molecular complexity index is 511. The molecule has 2 heterocycles. The maximum atomic E-state index is 4.57. The summed E-state index contributed by atoms with van der Waals surface area (Å²) in [6.07, 6.45) is 6.31. The molecule has 0 aromatic carbocycles. The molecule has 0 unspecified atom stereocenters. The molecule has 1 aliphatic carbocycles. The zero-order valence-corrected chi connectivity index (χ0v) is 10.3. The van der Waals surface area contributed by atoms with E-state index in [9.17, 15) is 0 Å². The fraction of sp³-hybridized carbons (Fsp3) is 0.500. The average molecular weight is 229 g/mol. The second-order valence-electron chi connectivity index (χ2n) is 5.00. The Hall–Kier alpha value is -1.35. The first-order valence-electron chi connectivity index (χ1n) is 6.48. The van der Waals surface area contributed by atoms with E-state index in [0.29, 0.717) is 0 Å². The lowest BCUT2D eigenvalue weighted by molar-refractivity contribution is 0.301. The summed E-state index contributed by atoms with van der Waals surface area (Å²) in [6.45, 7) is 4.17. The van der Waals surface area contributed by atoms with Crippen molar-refractivity contribution in [3.05, 3.63) is 35.8 Å². The van der Waals surface area contributed by atoms with Crippen molar-refractivity contribution in [3.63, 3.8) is 0 Å². The van der Waals surface area contributed by atoms with Gasteiger partial charge in [-0.25, -0.2) is 4.98 Å². The maximum Gasteiger partial charge on any atom is 0.137 e. The normalized spacial score (nSPS) is 16.3. The van der Waals surface area contributed by atoms with Crippen LogP contribution in [0.5, 0.6) is 0 Å². The molecule has 3 rings (SSSR count). The predicted molar refractivity (Wildman–Crippen MR) is 69.0 cm³/mol. The van der Waals surface area contributed by atoms with Crippen LogP contribution in [0, 0.1) is 12.8 Å². The third-order valence-corrected chi connectivity index (χ3v) is 3.78. The van der Waals surface area contributed by atoms with Crippen LogP contribution >= 0.6 is 0 Å². The van der Waals surface area contributed by atoms with Gasteiger partial charge < -0.3 is 9.72 Å². The van der Waals surface area contributed by atoms with Crippen molar-refractivity contribution in [1.82, 2.24) is 14.7 Å². The Morgan fingerprint density at radius 3 is 3.06 bits per heavy atom. The molecule has 1 aliphatic rings. The summed E-state index contributed by atoms with van der Waals surface area (Å²) in [7, 11) is 0. The highest BCUT2D eigenvalue weighted by molar-refractivity contribution is 5.42. The van der Waals surface area contributed by atoms with Crippen LogP contribution < -0.4 is 5.32 Å². The number of aromatic nitrogens is 2. The minimum absolute atomic E-state index is 0.912. The molecule has 2 aromatic rings. The molecule has 3 heteroatoms. The van der Waals surface area contributed by atoms with Gasteiger partial charge >= 0.3 is 0 Å². The smallest absolute Gasteiger partial charge is 0.137 e. The van der Waals surface area contributed by atoms with Crippen LogP contribution in [0.3, 0.4) is 0 Å². The number of nitrogens with one attached hydrogen (secondary N) is 1. The van der Waals surface area contributed by atoms with Crippen LogP contribution in [-0.4, -0.2) is 15.9 Å². The highest BCUT2D eigenvalue weighted by Gasteiger charge is 2.17. The van der Waals surface area contributed by atoms with E-state index in [1.807, 2.05) is 6.07 Å². The summed E-state index contributed by atoms with van der Waals surface area (Å²) in [4.78, 5) is 4.57. The molecule has 0 spiro atoms. The fourth-order valence-electron chi connectivity index (χ4n) is 2.47. The largest absolute Gasteiger partial charge is 0.311 e. The van der Waals surface area contributed by atoms with E-state index in [4.69, 9.17) is 0 Å². The Morgan fingerprint density at radius 1 is 1.41 bits per heavy atom. The van der Waals surface area contributed by atoms with E-state index in [2.05, 4.69) is 40.0 Å². The van der Waals surface area contributed by atoms with Crippen molar-refractivity contribution in [3.8, 4) is 0 Å². The molecule has 2 aromatic heterocycles. The molecule has 17 heavy (non-hydrogen) atoms. The molecule has 0 bridgehead atoms. The summed E-state index contributed by atoms with van der Waals surface area (Å²) in [5.74, 6) is 0.912. The quantitative estimate of drug-likeness (QED) is 0.873. The number of nitrogens with zero attached hydrogens (tertiary/aromatic N) is 2. The standard InChI is InChI=1S/C14H19N3/c1-11-13(10-15-9-12-5-4-6-12)17-8-3-2-7-14(17)16-11/h2-3,7-8,12,15H,4-6,9-10H2,1H3. The van der Waals surface area contributed by atoms with Crippen molar-refractivity contribution < 1.29 is 0 Å². The number of imidazole rings is 1. The molecule has 0 amide bonds. The fourth-order valence-corrected chi connectivity index (χ4v) is 2.47. The van der Waals surface area contributed by atoms with Crippen LogP contribution in [0.4, 0.5) is 0 Å². The first-order chi connectivity index (χ1) is 8.34. The summed E-state index contributed by atoms with van der Waals surface area (Å²) < 4.78 is 2.18. The van der Waals surface area contributed by atoms with Crippen molar-refractivity contribution >= 4 is 5.65 Å². The zero-order valence-electron chi connectivity index (χ0n) is 10.3. The highest BCUT2D eigenvalue weighted by atomic mass is 15.0. The van der Waals surface area contributed by atoms with Gasteiger partial charge in [0.15, 0.2) is 0 Å². The SMILES string of the molecule is Cc1nc2ccccn2c1CNCC1CCC1. The minimum atomic E-state index is 0.912. The number of aryl methyl sites for hydroxylation is 1. The molecule has 0 saturated heterocycles. The van der Waals surface area contributed by atoms with Gasteiger partial charge in [-0.15, -0.1) is 0 Å².